The Morgan fingerprint density at radius 3 is 2.67 bits per heavy atom. The van der Waals surface area contributed by atoms with Gasteiger partial charge in [0.1, 0.15) is 17.4 Å². The molecule has 0 amide bonds. The van der Waals surface area contributed by atoms with E-state index in [0.717, 1.165) is 30.6 Å². The zero-order valence-electron chi connectivity index (χ0n) is 12.0. The number of benzene rings is 1. The van der Waals surface area contributed by atoms with Gasteiger partial charge in [-0.1, -0.05) is 0 Å². The first-order valence-electron chi connectivity index (χ1n) is 7.18. The van der Waals surface area contributed by atoms with Gasteiger partial charge in [0.05, 0.1) is 0 Å². The van der Waals surface area contributed by atoms with Crippen LogP contribution in [0.2, 0.25) is 0 Å². The minimum atomic E-state index is 0.412. The van der Waals surface area contributed by atoms with Gasteiger partial charge < -0.3 is 10.1 Å². The summed E-state index contributed by atoms with van der Waals surface area (Å²) in [4.78, 5) is 4.56. The van der Waals surface area contributed by atoms with Gasteiger partial charge in [-0.2, -0.15) is 5.26 Å². The molecule has 4 heteroatoms. The molecule has 0 unspecified atom stereocenters. The van der Waals surface area contributed by atoms with Gasteiger partial charge >= 0.3 is 0 Å². The summed E-state index contributed by atoms with van der Waals surface area (Å²) >= 11 is 0. The lowest BCUT2D eigenvalue weighted by molar-refractivity contribution is 0.456. The molecule has 1 aromatic carbocycles. The van der Waals surface area contributed by atoms with Crippen LogP contribution in [0, 0.1) is 11.3 Å². The Kier molecular flexibility index (Phi) is 3.74. The Hall–Kier alpha value is -2.54. The number of hydrogen-bond acceptors (Lipinski definition) is 4. The number of rotatable bonds is 3. The van der Waals surface area contributed by atoms with Crippen molar-refractivity contribution >= 4 is 5.69 Å². The largest absolute Gasteiger partial charge is 0.438 e. The second-order valence-corrected chi connectivity index (χ2v) is 5.14. The van der Waals surface area contributed by atoms with E-state index >= 15 is 0 Å². The molecule has 4 nitrogen and oxygen atoms in total. The van der Waals surface area contributed by atoms with Crippen molar-refractivity contribution in [2.45, 2.75) is 25.7 Å². The van der Waals surface area contributed by atoms with Crippen molar-refractivity contribution in [2.75, 3.05) is 12.4 Å². The number of aromatic nitrogens is 1. The highest BCUT2D eigenvalue weighted by Crippen LogP contribution is 2.29. The van der Waals surface area contributed by atoms with Crippen LogP contribution >= 0.6 is 0 Å². The van der Waals surface area contributed by atoms with Gasteiger partial charge in [0.25, 0.3) is 0 Å². The van der Waals surface area contributed by atoms with Crippen molar-refractivity contribution < 1.29 is 4.74 Å². The van der Waals surface area contributed by atoms with E-state index < -0.39 is 0 Å². The fourth-order valence-corrected chi connectivity index (χ4v) is 2.57. The average Bonchev–Trinajstić information content (AvgIpc) is 2.55. The predicted molar refractivity (Wildman–Crippen MR) is 81.7 cm³/mol. The zero-order chi connectivity index (χ0) is 14.7. The molecule has 1 heterocycles. The van der Waals surface area contributed by atoms with Crippen LogP contribution in [-0.2, 0) is 12.8 Å². The Balaban J connectivity index is 1.91. The maximum absolute atomic E-state index is 9.30. The number of pyridine rings is 1. The third-order valence-electron chi connectivity index (χ3n) is 3.74. The van der Waals surface area contributed by atoms with Crippen molar-refractivity contribution in [3.05, 3.63) is 47.2 Å². The van der Waals surface area contributed by atoms with Crippen LogP contribution < -0.4 is 10.1 Å². The minimum absolute atomic E-state index is 0.412. The van der Waals surface area contributed by atoms with E-state index in [4.69, 9.17) is 4.74 Å². The molecule has 1 aromatic heterocycles. The second-order valence-electron chi connectivity index (χ2n) is 5.14. The molecule has 0 bridgehead atoms. The van der Waals surface area contributed by atoms with Crippen LogP contribution in [0.5, 0.6) is 11.6 Å². The Labute approximate surface area is 124 Å². The molecule has 0 atom stereocenters. The topological polar surface area (TPSA) is 57.9 Å². The highest BCUT2D eigenvalue weighted by Gasteiger charge is 2.16. The van der Waals surface area contributed by atoms with Crippen LogP contribution in [0.4, 0.5) is 5.69 Å². The van der Waals surface area contributed by atoms with E-state index in [2.05, 4.69) is 16.4 Å². The van der Waals surface area contributed by atoms with Gasteiger partial charge in [-0.15, -0.1) is 0 Å². The van der Waals surface area contributed by atoms with Gasteiger partial charge in [0.2, 0.25) is 5.88 Å². The van der Waals surface area contributed by atoms with Crippen LogP contribution in [0.1, 0.15) is 29.7 Å². The molecule has 0 radical (unpaired) electrons. The first-order valence-corrected chi connectivity index (χ1v) is 7.18. The highest BCUT2D eigenvalue weighted by molar-refractivity contribution is 5.48. The highest BCUT2D eigenvalue weighted by atomic mass is 16.5. The average molecular weight is 279 g/mol. The van der Waals surface area contributed by atoms with Gasteiger partial charge in [-0.05, 0) is 61.6 Å². The number of anilines is 1. The fraction of sp³-hybridized carbons (Fsp3) is 0.294. The number of nitriles is 1. The van der Waals surface area contributed by atoms with E-state index in [9.17, 15) is 5.26 Å². The number of aryl methyl sites for hydroxylation is 2. The molecule has 106 valence electrons. The van der Waals surface area contributed by atoms with E-state index in [1.54, 1.807) is 0 Å². The summed E-state index contributed by atoms with van der Waals surface area (Å²) in [6, 6.07) is 11.7. The van der Waals surface area contributed by atoms with Crippen LogP contribution in [0.3, 0.4) is 0 Å². The molecule has 0 saturated carbocycles. The second kappa shape index (κ2) is 5.84. The summed E-state index contributed by atoms with van der Waals surface area (Å²) in [5, 5.41) is 12.4. The lowest BCUT2D eigenvalue weighted by atomic mass is 9.95. The summed E-state index contributed by atoms with van der Waals surface area (Å²) in [7, 11) is 1.87. The molecular weight excluding hydrogens is 262 g/mol. The first kappa shape index (κ1) is 13.4. The molecule has 0 saturated heterocycles. The van der Waals surface area contributed by atoms with Crippen molar-refractivity contribution in [2.24, 2.45) is 0 Å². The summed E-state index contributed by atoms with van der Waals surface area (Å²) in [5.41, 5.74) is 3.78. The number of ether oxygens (including phenoxy) is 1. The molecule has 0 spiro atoms. The quantitative estimate of drug-likeness (QED) is 0.931. The summed E-state index contributed by atoms with van der Waals surface area (Å²) < 4.78 is 5.80. The molecule has 0 aliphatic heterocycles. The van der Waals surface area contributed by atoms with Crippen LogP contribution in [-0.4, -0.2) is 12.0 Å². The van der Waals surface area contributed by atoms with E-state index in [0.29, 0.717) is 17.2 Å². The predicted octanol–water partition coefficient (Wildman–Crippen LogP) is 3.67. The lowest BCUT2D eigenvalue weighted by Gasteiger charge is -2.16. The molecule has 1 aliphatic carbocycles. The maximum atomic E-state index is 9.30. The normalized spacial score (nSPS) is 13.1. The smallest absolute Gasteiger partial charge is 0.237 e. The lowest BCUT2D eigenvalue weighted by Crippen LogP contribution is -2.07. The number of hydrogen-bond donors (Lipinski definition) is 1. The van der Waals surface area contributed by atoms with Crippen molar-refractivity contribution in [3.63, 3.8) is 0 Å². The summed E-state index contributed by atoms with van der Waals surface area (Å²) in [6.45, 7) is 0. The molecule has 2 aromatic rings. The van der Waals surface area contributed by atoms with E-state index in [-0.39, 0.29) is 0 Å². The first-order chi connectivity index (χ1) is 10.3. The van der Waals surface area contributed by atoms with E-state index in [1.807, 2.05) is 37.4 Å². The maximum Gasteiger partial charge on any atom is 0.237 e. The minimum Gasteiger partial charge on any atom is -0.438 e. The number of nitrogens with zero attached hydrogens (tertiary/aromatic N) is 2. The Bertz CT molecular complexity index is 686. The van der Waals surface area contributed by atoms with E-state index in [1.165, 1.54) is 12.0 Å². The molecule has 1 N–H and O–H groups in total. The number of nitrogens with one attached hydrogen (secondary N) is 1. The Morgan fingerprint density at radius 2 is 1.95 bits per heavy atom. The van der Waals surface area contributed by atoms with Crippen LogP contribution in [0.25, 0.3) is 0 Å². The SMILES string of the molecule is CNc1ccc(Oc2nc3c(cc2C#N)CCCC3)cc1. The molecule has 0 fully saturated rings. The van der Waals surface area contributed by atoms with Crippen LogP contribution in [0.15, 0.2) is 30.3 Å². The standard InChI is InChI=1S/C17H17N3O/c1-19-14-6-8-15(9-7-14)21-17-13(11-18)10-12-4-2-3-5-16(12)20-17/h6-10,19H,2-5H2,1H3. The van der Waals surface area contributed by atoms with Gasteiger partial charge in [0.15, 0.2) is 0 Å². The van der Waals surface area contributed by atoms with Crippen molar-refractivity contribution in [1.82, 2.24) is 4.98 Å². The molecule has 3 rings (SSSR count). The van der Waals surface area contributed by atoms with Crippen molar-refractivity contribution in [3.8, 4) is 17.7 Å². The molecular formula is C17H17N3O. The third-order valence-corrected chi connectivity index (χ3v) is 3.74. The Morgan fingerprint density at radius 1 is 1.19 bits per heavy atom. The zero-order valence-corrected chi connectivity index (χ0v) is 12.0. The van der Waals surface area contributed by atoms with Gasteiger partial charge in [-0.25, -0.2) is 4.98 Å². The van der Waals surface area contributed by atoms with Gasteiger partial charge in [0, 0.05) is 18.4 Å². The molecule has 1 aliphatic rings. The summed E-state index contributed by atoms with van der Waals surface area (Å²) in [6.07, 6.45) is 4.30. The van der Waals surface area contributed by atoms with Crippen molar-refractivity contribution in [1.29, 1.82) is 5.26 Å². The fourth-order valence-electron chi connectivity index (χ4n) is 2.57. The monoisotopic (exact) mass is 279 g/mol. The number of fused-ring (bicyclic) bond motifs is 1. The third kappa shape index (κ3) is 2.82. The molecule has 21 heavy (non-hydrogen) atoms. The van der Waals surface area contributed by atoms with Gasteiger partial charge in [-0.3, -0.25) is 0 Å². The summed E-state index contributed by atoms with van der Waals surface area (Å²) in [5.74, 6) is 1.10.